The number of hydrogen-bond donors (Lipinski definition) is 0. The van der Waals surface area contributed by atoms with Crippen LogP contribution < -0.4 is 0 Å². The molecule has 2 aliphatic rings. The Bertz CT molecular complexity index is 1220. The Kier molecular flexibility index (Phi) is 5.23. The molecule has 2 atom stereocenters. The van der Waals surface area contributed by atoms with E-state index in [0.717, 1.165) is 23.3 Å². The number of amides is 3. The van der Waals surface area contributed by atoms with Crippen molar-refractivity contribution in [2.75, 3.05) is 20.1 Å². The Balaban J connectivity index is 1.40. The third-order valence-corrected chi connectivity index (χ3v) is 6.81. The van der Waals surface area contributed by atoms with Crippen molar-refractivity contribution in [3.8, 4) is 0 Å². The molecular weight excluding hydrogens is 425 g/mol. The van der Waals surface area contributed by atoms with Gasteiger partial charge >= 0.3 is 0 Å². The average molecular weight is 449 g/mol. The predicted octanol–water partition coefficient (Wildman–Crippen LogP) is 3.39. The standard InChI is InChI=1S/C25H24FN3O4/c1-28-21(30)13-25(24(28)32,17-7-4-8-18(26)12-17)14-22(31)29-11-5-6-16(15-29)23-27-19-9-2-3-10-20(19)33-23/h2-4,7-10,12,16H,5-6,11,13-15H2,1H3. The van der Waals surface area contributed by atoms with E-state index in [9.17, 15) is 18.8 Å². The summed E-state index contributed by atoms with van der Waals surface area (Å²) in [6, 6.07) is 13.2. The number of hydrogen-bond acceptors (Lipinski definition) is 5. The van der Waals surface area contributed by atoms with Crippen LogP contribution in [0.1, 0.15) is 43.1 Å². The summed E-state index contributed by atoms with van der Waals surface area (Å²) in [5.74, 6) is -1.05. The van der Waals surface area contributed by atoms with Crippen LogP contribution in [0.5, 0.6) is 0 Å². The molecule has 0 radical (unpaired) electrons. The quantitative estimate of drug-likeness (QED) is 0.570. The zero-order chi connectivity index (χ0) is 23.2. The minimum atomic E-state index is -1.39. The smallest absolute Gasteiger partial charge is 0.240 e. The number of piperidine rings is 1. The Morgan fingerprint density at radius 2 is 2.03 bits per heavy atom. The van der Waals surface area contributed by atoms with E-state index in [1.807, 2.05) is 24.3 Å². The number of likely N-dealkylation sites (N-methyl/N-ethyl adjacent to an activating group) is 1. The third-order valence-electron chi connectivity index (χ3n) is 6.81. The van der Waals surface area contributed by atoms with Crippen molar-refractivity contribution in [1.29, 1.82) is 0 Å². The van der Waals surface area contributed by atoms with Gasteiger partial charge in [0.05, 0.1) is 11.3 Å². The van der Waals surface area contributed by atoms with Crippen molar-refractivity contribution in [3.05, 3.63) is 65.8 Å². The zero-order valence-electron chi connectivity index (χ0n) is 18.3. The number of carbonyl (C=O) groups is 3. The summed E-state index contributed by atoms with van der Waals surface area (Å²) >= 11 is 0. The number of oxazole rings is 1. The van der Waals surface area contributed by atoms with Gasteiger partial charge in [0.15, 0.2) is 11.5 Å². The summed E-state index contributed by atoms with van der Waals surface area (Å²) in [6.45, 7) is 0.968. The molecule has 0 spiro atoms. The molecule has 3 aromatic rings. The Morgan fingerprint density at radius 3 is 2.76 bits per heavy atom. The maximum absolute atomic E-state index is 14.0. The summed E-state index contributed by atoms with van der Waals surface area (Å²) in [5.41, 5.74) is 0.444. The SMILES string of the molecule is CN1C(=O)CC(CC(=O)N2CCCC(c3nc4ccccc4o3)C2)(c2cccc(F)c2)C1=O. The molecular formula is C25H24FN3O4. The molecule has 2 aliphatic heterocycles. The average Bonchev–Trinajstić information content (AvgIpc) is 3.35. The monoisotopic (exact) mass is 449 g/mol. The summed E-state index contributed by atoms with van der Waals surface area (Å²) in [4.78, 5) is 46.3. The van der Waals surface area contributed by atoms with Crippen LogP contribution in [0.3, 0.4) is 0 Å². The van der Waals surface area contributed by atoms with Crippen LogP contribution in [-0.2, 0) is 19.8 Å². The molecule has 2 unspecified atom stereocenters. The van der Waals surface area contributed by atoms with Gasteiger partial charge in [0.2, 0.25) is 17.7 Å². The van der Waals surface area contributed by atoms with E-state index < -0.39 is 17.1 Å². The predicted molar refractivity (Wildman–Crippen MR) is 118 cm³/mol. The van der Waals surface area contributed by atoms with Crippen LogP contribution in [0.15, 0.2) is 52.9 Å². The molecule has 0 saturated carbocycles. The molecule has 2 aromatic carbocycles. The van der Waals surface area contributed by atoms with Gasteiger partial charge in [-0.15, -0.1) is 0 Å². The molecule has 2 saturated heterocycles. The number of nitrogens with zero attached hydrogens (tertiary/aromatic N) is 3. The highest BCUT2D eigenvalue weighted by Crippen LogP contribution is 2.40. The van der Waals surface area contributed by atoms with Crippen molar-refractivity contribution < 1.29 is 23.2 Å². The minimum absolute atomic E-state index is 0.0520. The molecule has 1 aromatic heterocycles. The lowest BCUT2D eigenvalue weighted by molar-refractivity contribution is -0.142. The van der Waals surface area contributed by atoms with Gasteiger partial charge in [0, 0.05) is 33.0 Å². The van der Waals surface area contributed by atoms with Gasteiger partial charge in [-0.2, -0.15) is 0 Å². The molecule has 2 fully saturated rings. The molecule has 8 heteroatoms. The highest BCUT2D eigenvalue weighted by Gasteiger charge is 2.53. The summed E-state index contributed by atoms with van der Waals surface area (Å²) in [7, 11) is 1.40. The van der Waals surface area contributed by atoms with E-state index in [4.69, 9.17) is 4.42 Å². The molecule has 170 valence electrons. The number of para-hydroxylation sites is 2. The summed E-state index contributed by atoms with van der Waals surface area (Å²) in [5, 5.41) is 0. The van der Waals surface area contributed by atoms with Crippen molar-refractivity contribution in [1.82, 2.24) is 14.8 Å². The lowest BCUT2D eigenvalue weighted by Crippen LogP contribution is -2.45. The molecule has 33 heavy (non-hydrogen) atoms. The summed E-state index contributed by atoms with van der Waals surface area (Å²) in [6.07, 6.45) is 1.27. The number of fused-ring (bicyclic) bond motifs is 1. The first-order chi connectivity index (χ1) is 15.9. The Labute approximate surface area is 190 Å². The van der Waals surface area contributed by atoms with E-state index in [2.05, 4.69) is 4.98 Å². The number of rotatable bonds is 4. The number of halogens is 1. The summed E-state index contributed by atoms with van der Waals surface area (Å²) < 4.78 is 19.9. The normalized spacial score (nSPS) is 23.5. The van der Waals surface area contributed by atoms with E-state index in [1.54, 1.807) is 11.0 Å². The first kappa shape index (κ1) is 21.3. The highest BCUT2D eigenvalue weighted by atomic mass is 19.1. The van der Waals surface area contributed by atoms with Gasteiger partial charge in [0.1, 0.15) is 11.3 Å². The van der Waals surface area contributed by atoms with E-state index in [-0.39, 0.29) is 30.6 Å². The largest absolute Gasteiger partial charge is 0.440 e. The topological polar surface area (TPSA) is 83.7 Å². The van der Waals surface area contributed by atoms with Crippen molar-refractivity contribution in [2.45, 2.75) is 37.0 Å². The van der Waals surface area contributed by atoms with Crippen molar-refractivity contribution in [2.24, 2.45) is 0 Å². The fourth-order valence-corrected chi connectivity index (χ4v) is 4.98. The van der Waals surface area contributed by atoms with E-state index >= 15 is 0 Å². The second-order valence-corrected chi connectivity index (χ2v) is 8.90. The molecule has 0 bridgehead atoms. The van der Waals surface area contributed by atoms with Crippen molar-refractivity contribution in [3.63, 3.8) is 0 Å². The van der Waals surface area contributed by atoms with Gasteiger partial charge in [-0.3, -0.25) is 19.3 Å². The maximum atomic E-state index is 14.0. The van der Waals surface area contributed by atoms with Crippen LogP contribution in [0.2, 0.25) is 0 Å². The van der Waals surface area contributed by atoms with Gasteiger partial charge in [-0.25, -0.2) is 9.37 Å². The number of likely N-dealkylation sites (tertiary alicyclic amines) is 2. The lowest BCUT2D eigenvalue weighted by Gasteiger charge is -2.34. The second kappa shape index (κ2) is 8.10. The third kappa shape index (κ3) is 3.69. The van der Waals surface area contributed by atoms with Crippen LogP contribution >= 0.6 is 0 Å². The van der Waals surface area contributed by atoms with Gasteiger partial charge in [0.25, 0.3) is 0 Å². The molecule has 5 rings (SSSR count). The second-order valence-electron chi connectivity index (χ2n) is 8.90. The molecule has 3 heterocycles. The Hall–Kier alpha value is -3.55. The van der Waals surface area contributed by atoms with Crippen LogP contribution in [0, 0.1) is 5.82 Å². The number of carbonyl (C=O) groups excluding carboxylic acids is 3. The van der Waals surface area contributed by atoms with E-state index in [1.165, 1.54) is 25.2 Å². The van der Waals surface area contributed by atoms with Gasteiger partial charge in [-0.1, -0.05) is 24.3 Å². The van der Waals surface area contributed by atoms with Crippen LogP contribution in [0.25, 0.3) is 11.1 Å². The number of imide groups is 1. The van der Waals surface area contributed by atoms with Gasteiger partial charge in [-0.05, 0) is 42.7 Å². The fraction of sp³-hybridized carbons (Fsp3) is 0.360. The van der Waals surface area contributed by atoms with Crippen LogP contribution in [0.4, 0.5) is 4.39 Å². The number of benzene rings is 2. The minimum Gasteiger partial charge on any atom is -0.440 e. The van der Waals surface area contributed by atoms with E-state index in [0.29, 0.717) is 30.1 Å². The molecule has 0 N–H and O–H groups in total. The first-order valence-electron chi connectivity index (χ1n) is 11.1. The lowest BCUT2D eigenvalue weighted by atomic mass is 9.75. The zero-order valence-corrected chi connectivity index (χ0v) is 18.3. The first-order valence-corrected chi connectivity index (χ1v) is 11.1. The van der Waals surface area contributed by atoms with Gasteiger partial charge < -0.3 is 9.32 Å². The Morgan fingerprint density at radius 1 is 1.21 bits per heavy atom. The number of aromatic nitrogens is 1. The molecule has 3 amide bonds. The highest BCUT2D eigenvalue weighted by molar-refractivity contribution is 6.10. The fourth-order valence-electron chi connectivity index (χ4n) is 4.98. The van der Waals surface area contributed by atoms with Crippen molar-refractivity contribution >= 4 is 28.8 Å². The maximum Gasteiger partial charge on any atom is 0.240 e. The molecule has 0 aliphatic carbocycles. The molecule has 7 nitrogen and oxygen atoms in total. The van der Waals surface area contributed by atoms with Crippen LogP contribution in [-0.4, -0.2) is 52.6 Å².